The van der Waals surface area contributed by atoms with Gasteiger partial charge in [-0.3, -0.25) is 0 Å². The van der Waals surface area contributed by atoms with Gasteiger partial charge in [0.25, 0.3) is 5.60 Å². The lowest BCUT2D eigenvalue weighted by Gasteiger charge is -2.09. The van der Waals surface area contributed by atoms with Crippen LogP contribution in [0.5, 0.6) is 0 Å². The van der Waals surface area contributed by atoms with Crippen LogP contribution in [0.15, 0.2) is 12.2 Å². The molecule has 0 radical (unpaired) electrons. The second-order valence-corrected chi connectivity index (χ2v) is 2.77. The second-order valence-electron chi connectivity index (χ2n) is 2.77. The van der Waals surface area contributed by atoms with Gasteiger partial charge in [-0.2, -0.15) is 0 Å². The first-order valence-electron chi connectivity index (χ1n) is 3.79. The van der Waals surface area contributed by atoms with Crippen LogP contribution in [-0.4, -0.2) is 55.0 Å². The Morgan fingerprint density at radius 1 is 0.882 bits per heavy atom. The van der Waals surface area contributed by atoms with Crippen molar-refractivity contribution in [1.29, 1.82) is 0 Å². The number of hydrogen-bond donors (Lipinski definition) is 5. The highest BCUT2D eigenvalue weighted by atomic mass is 16.4. The lowest BCUT2D eigenvalue weighted by Crippen LogP contribution is -2.43. The third kappa shape index (κ3) is 5.89. The van der Waals surface area contributed by atoms with Crippen LogP contribution >= 0.6 is 0 Å². The maximum atomic E-state index is 9.83. The molecule has 96 valence electrons. The zero-order valence-electron chi connectivity index (χ0n) is 8.58. The maximum absolute atomic E-state index is 9.83. The Balaban J connectivity index is 0. The Hall–Kier alpha value is -2.42. The van der Waals surface area contributed by atoms with E-state index in [1.54, 1.807) is 0 Å². The summed E-state index contributed by atoms with van der Waals surface area (Å²) in [7, 11) is 0. The lowest BCUT2D eigenvalue weighted by atomic mass is 10.1. The third-order valence-corrected chi connectivity index (χ3v) is 1.35. The van der Waals surface area contributed by atoms with E-state index in [9.17, 15) is 19.2 Å². The van der Waals surface area contributed by atoms with Gasteiger partial charge in [-0.15, -0.1) is 0 Å². The van der Waals surface area contributed by atoms with Gasteiger partial charge in [-0.05, 0) is 6.92 Å². The van der Waals surface area contributed by atoms with Crippen molar-refractivity contribution in [2.24, 2.45) is 0 Å². The van der Waals surface area contributed by atoms with Gasteiger partial charge in [-0.1, -0.05) is 6.58 Å². The molecule has 0 spiro atoms. The highest BCUT2D eigenvalue weighted by Crippen LogP contribution is 2.01. The normalized spacial score (nSPS) is 9.53. The molecule has 0 aromatic rings. The number of rotatable bonds is 4. The molecule has 0 saturated carbocycles. The predicted octanol–water partition coefficient (Wildman–Crippen LogP) is -1.38. The Bertz CT molecular complexity index is 333. The average molecular weight is 250 g/mol. The Morgan fingerprint density at radius 3 is 1.12 bits per heavy atom. The fraction of sp³-hybridized carbons (Fsp3) is 0.250. The summed E-state index contributed by atoms with van der Waals surface area (Å²) in [6, 6.07) is 0. The van der Waals surface area contributed by atoms with Crippen molar-refractivity contribution in [3.63, 3.8) is 0 Å². The van der Waals surface area contributed by atoms with Crippen molar-refractivity contribution < 1.29 is 44.7 Å². The summed E-state index contributed by atoms with van der Waals surface area (Å²) in [4.78, 5) is 39.0. The Morgan fingerprint density at radius 2 is 1.12 bits per heavy atom. The van der Waals surface area contributed by atoms with Crippen LogP contribution in [-0.2, 0) is 19.2 Å². The van der Waals surface area contributed by atoms with E-state index < -0.39 is 35.1 Å². The van der Waals surface area contributed by atoms with Gasteiger partial charge >= 0.3 is 23.9 Å². The minimum atomic E-state index is -2.67. The van der Waals surface area contributed by atoms with E-state index in [0.29, 0.717) is 6.92 Å². The molecule has 17 heavy (non-hydrogen) atoms. The molecular weight excluding hydrogens is 240 g/mol. The highest BCUT2D eigenvalue weighted by Gasteiger charge is 2.38. The fourth-order valence-electron chi connectivity index (χ4n) is 0.183. The number of aliphatic carboxylic acids is 4. The predicted molar refractivity (Wildman–Crippen MR) is 50.3 cm³/mol. The summed E-state index contributed by atoms with van der Waals surface area (Å²) in [6.45, 7) is 3.45. The average Bonchev–Trinajstić information content (AvgIpc) is 2.16. The van der Waals surface area contributed by atoms with E-state index in [-0.39, 0.29) is 0 Å². The summed E-state index contributed by atoms with van der Waals surface area (Å²) in [6.07, 6.45) is 0. The molecule has 0 aliphatic rings. The van der Waals surface area contributed by atoms with Crippen molar-refractivity contribution >= 4 is 23.9 Å². The van der Waals surface area contributed by atoms with Crippen LogP contribution in [0, 0.1) is 0 Å². The number of carboxylic acids is 4. The van der Waals surface area contributed by atoms with Gasteiger partial charge in [-0.25, -0.2) is 19.2 Å². The van der Waals surface area contributed by atoms with E-state index in [1.807, 2.05) is 0 Å². The molecular formula is C8H10O9. The summed E-state index contributed by atoms with van der Waals surface area (Å²) in [5.41, 5.74) is -3.48. The summed E-state index contributed by atoms with van der Waals surface area (Å²) < 4.78 is 0. The molecule has 0 saturated heterocycles. The first kappa shape index (κ1) is 17.0. The molecule has 0 heterocycles. The molecule has 9 nitrogen and oxygen atoms in total. The van der Waals surface area contributed by atoms with Crippen LogP contribution in [0.4, 0.5) is 0 Å². The van der Waals surface area contributed by atoms with Crippen LogP contribution in [0.25, 0.3) is 0 Å². The van der Waals surface area contributed by atoms with E-state index in [1.165, 1.54) is 0 Å². The summed E-state index contributed by atoms with van der Waals surface area (Å²) in [5, 5.41) is 40.2. The first-order chi connectivity index (χ1) is 7.44. The van der Waals surface area contributed by atoms with Gasteiger partial charge in [0.2, 0.25) is 0 Å². The topological polar surface area (TPSA) is 169 Å². The maximum Gasteiger partial charge on any atom is 0.347 e. The van der Waals surface area contributed by atoms with E-state index >= 15 is 0 Å². The van der Waals surface area contributed by atoms with Crippen molar-refractivity contribution in [3.8, 4) is 0 Å². The number of carboxylic acid groups (broad SMARTS) is 4. The molecule has 0 aromatic heterocycles. The Kier molecular flexibility index (Phi) is 6.22. The minimum Gasteiger partial charge on any atom is -0.479 e. The fourth-order valence-corrected chi connectivity index (χ4v) is 0.183. The third-order valence-electron chi connectivity index (χ3n) is 1.35. The monoisotopic (exact) mass is 250 g/mol. The van der Waals surface area contributed by atoms with Crippen LogP contribution < -0.4 is 0 Å². The van der Waals surface area contributed by atoms with Gasteiger partial charge in [0.05, 0.1) is 0 Å². The molecule has 0 bridgehead atoms. The molecule has 0 unspecified atom stereocenters. The van der Waals surface area contributed by atoms with Crippen molar-refractivity contribution in [2.45, 2.75) is 12.5 Å². The van der Waals surface area contributed by atoms with E-state index in [0.717, 1.165) is 0 Å². The molecule has 9 heteroatoms. The largest absolute Gasteiger partial charge is 0.479 e. The van der Waals surface area contributed by atoms with Crippen LogP contribution in [0.3, 0.4) is 0 Å². The van der Waals surface area contributed by atoms with Gasteiger partial charge < -0.3 is 25.5 Å². The standard InChI is InChI=1S/C4H6O5.C4H4O4/c1-4(9,2(5)6)3(7)8;1-2(3(5)6)4(7)8/h9H,1H3,(H,5,6)(H,7,8);1H2,(H,5,6)(H,7,8). The highest BCUT2D eigenvalue weighted by molar-refractivity contribution is 6.11. The van der Waals surface area contributed by atoms with Crippen molar-refractivity contribution in [3.05, 3.63) is 12.2 Å². The lowest BCUT2D eigenvalue weighted by molar-refractivity contribution is -0.173. The Labute approximate surface area is 94.2 Å². The quantitative estimate of drug-likeness (QED) is 0.229. The molecule has 0 fully saturated rings. The molecule has 0 rings (SSSR count). The van der Waals surface area contributed by atoms with Crippen molar-refractivity contribution in [2.75, 3.05) is 0 Å². The molecule has 0 aromatic carbocycles. The molecule has 5 N–H and O–H groups in total. The molecule has 0 aliphatic carbocycles. The van der Waals surface area contributed by atoms with Gasteiger partial charge in [0, 0.05) is 0 Å². The van der Waals surface area contributed by atoms with E-state index in [4.69, 9.17) is 25.5 Å². The smallest absolute Gasteiger partial charge is 0.347 e. The van der Waals surface area contributed by atoms with Gasteiger partial charge in [0.1, 0.15) is 5.57 Å². The zero-order valence-corrected chi connectivity index (χ0v) is 8.58. The number of carbonyl (C=O) groups is 4. The molecule has 0 amide bonds. The summed E-state index contributed by atoms with van der Waals surface area (Å²) in [5.74, 6) is -6.54. The molecule has 0 atom stereocenters. The molecule has 0 aliphatic heterocycles. The van der Waals surface area contributed by atoms with Crippen molar-refractivity contribution in [1.82, 2.24) is 0 Å². The SMILES string of the molecule is C=C(C(=O)O)C(=O)O.CC(O)(C(=O)O)C(=O)O. The number of hydrogen-bond acceptors (Lipinski definition) is 5. The van der Waals surface area contributed by atoms with E-state index in [2.05, 4.69) is 6.58 Å². The number of aliphatic hydroxyl groups is 1. The van der Waals surface area contributed by atoms with Crippen LogP contribution in [0.2, 0.25) is 0 Å². The summed E-state index contributed by atoms with van der Waals surface area (Å²) >= 11 is 0. The second kappa shape index (κ2) is 6.23. The first-order valence-corrected chi connectivity index (χ1v) is 3.79. The van der Waals surface area contributed by atoms with Crippen LogP contribution in [0.1, 0.15) is 6.92 Å². The minimum absolute atomic E-state index is 0.692. The zero-order chi connectivity index (χ0) is 14.4. The van der Waals surface area contributed by atoms with Gasteiger partial charge in [0.15, 0.2) is 0 Å².